The summed E-state index contributed by atoms with van der Waals surface area (Å²) in [6, 6.07) is 5.84. The molecule has 0 aliphatic heterocycles. The monoisotopic (exact) mass is 321 g/mol. The maximum Gasteiger partial charge on any atom is 0.339 e. The first kappa shape index (κ1) is 13.5. The SMILES string of the molecule is Cc1cccc(NCc2ncncc2C(=O)O)c1Br. The van der Waals surface area contributed by atoms with E-state index in [2.05, 4.69) is 31.2 Å². The number of anilines is 1. The average molecular weight is 322 g/mol. The van der Waals surface area contributed by atoms with Gasteiger partial charge in [0.25, 0.3) is 0 Å². The summed E-state index contributed by atoms with van der Waals surface area (Å²) in [7, 11) is 0. The topological polar surface area (TPSA) is 75.1 Å². The van der Waals surface area contributed by atoms with E-state index in [0.29, 0.717) is 12.2 Å². The molecule has 1 heterocycles. The smallest absolute Gasteiger partial charge is 0.339 e. The number of hydrogen-bond acceptors (Lipinski definition) is 4. The highest BCUT2D eigenvalue weighted by atomic mass is 79.9. The first-order valence-electron chi connectivity index (χ1n) is 5.60. The maximum atomic E-state index is 11.0. The van der Waals surface area contributed by atoms with E-state index in [1.807, 2.05) is 25.1 Å². The average Bonchev–Trinajstić information content (AvgIpc) is 2.40. The van der Waals surface area contributed by atoms with Gasteiger partial charge in [-0.3, -0.25) is 0 Å². The Morgan fingerprint density at radius 3 is 3.00 bits per heavy atom. The van der Waals surface area contributed by atoms with Gasteiger partial charge in [0.05, 0.1) is 12.2 Å². The van der Waals surface area contributed by atoms with Crippen molar-refractivity contribution in [2.75, 3.05) is 5.32 Å². The van der Waals surface area contributed by atoms with E-state index in [4.69, 9.17) is 5.11 Å². The Hall–Kier alpha value is -1.95. The van der Waals surface area contributed by atoms with Crippen LogP contribution in [0.3, 0.4) is 0 Å². The van der Waals surface area contributed by atoms with Gasteiger partial charge >= 0.3 is 5.97 Å². The van der Waals surface area contributed by atoms with E-state index in [0.717, 1.165) is 15.7 Å². The number of benzene rings is 1. The van der Waals surface area contributed by atoms with Crippen LogP contribution in [0.25, 0.3) is 0 Å². The molecule has 0 unspecified atom stereocenters. The number of aryl methyl sites for hydroxylation is 1. The van der Waals surface area contributed by atoms with Crippen LogP contribution in [-0.4, -0.2) is 21.0 Å². The van der Waals surface area contributed by atoms with E-state index in [9.17, 15) is 4.79 Å². The zero-order chi connectivity index (χ0) is 13.8. The number of hydrogen-bond donors (Lipinski definition) is 2. The standard InChI is InChI=1S/C13H12BrN3O2/c1-8-3-2-4-10(12(8)14)16-6-11-9(13(18)19)5-15-7-17-11/h2-5,7,16H,6H2,1H3,(H,18,19). The Balaban J connectivity index is 2.19. The molecule has 0 amide bonds. The van der Waals surface area contributed by atoms with Gasteiger partial charge in [0, 0.05) is 16.4 Å². The Bertz CT molecular complexity index is 617. The molecule has 19 heavy (non-hydrogen) atoms. The Morgan fingerprint density at radius 1 is 1.47 bits per heavy atom. The summed E-state index contributed by atoms with van der Waals surface area (Å²) >= 11 is 3.49. The highest BCUT2D eigenvalue weighted by Gasteiger charge is 2.11. The second-order valence-corrected chi connectivity index (χ2v) is 4.77. The summed E-state index contributed by atoms with van der Waals surface area (Å²) in [5.74, 6) is -1.03. The van der Waals surface area contributed by atoms with Gasteiger partial charge in [-0.15, -0.1) is 0 Å². The molecular weight excluding hydrogens is 310 g/mol. The molecular formula is C13H12BrN3O2. The summed E-state index contributed by atoms with van der Waals surface area (Å²) in [4.78, 5) is 18.8. The number of rotatable bonds is 4. The second kappa shape index (κ2) is 5.79. The van der Waals surface area contributed by atoms with Crippen molar-refractivity contribution in [2.45, 2.75) is 13.5 Å². The second-order valence-electron chi connectivity index (χ2n) is 3.98. The van der Waals surface area contributed by atoms with Crippen molar-refractivity contribution in [1.82, 2.24) is 9.97 Å². The number of aromatic carboxylic acids is 1. The summed E-state index contributed by atoms with van der Waals surface area (Å²) in [6.45, 7) is 2.31. The maximum absolute atomic E-state index is 11.0. The Kier molecular flexibility index (Phi) is 4.11. The third-order valence-electron chi connectivity index (χ3n) is 2.66. The zero-order valence-electron chi connectivity index (χ0n) is 10.2. The van der Waals surface area contributed by atoms with E-state index < -0.39 is 5.97 Å². The fourth-order valence-corrected chi connectivity index (χ4v) is 2.04. The third kappa shape index (κ3) is 3.08. The van der Waals surface area contributed by atoms with Crippen LogP contribution in [0.15, 0.2) is 35.2 Å². The molecule has 6 heteroatoms. The summed E-state index contributed by atoms with van der Waals surface area (Å²) < 4.78 is 0.959. The molecule has 2 N–H and O–H groups in total. The molecule has 0 atom stereocenters. The number of carboxylic acid groups (broad SMARTS) is 1. The van der Waals surface area contributed by atoms with Gasteiger partial charge in [-0.2, -0.15) is 0 Å². The number of aromatic nitrogens is 2. The van der Waals surface area contributed by atoms with Crippen LogP contribution in [0.4, 0.5) is 5.69 Å². The van der Waals surface area contributed by atoms with Crippen molar-refractivity contribution in [1.29, 1.82) is 0 Å². The van der Waals surface area contributed by atoms with Crippen molar-refractivity contribution in [3.63, 3.8) is 0 Å². The summed E-state index contributed by atoms with van der Waals surface area (Å²) in [6.07, 6.45) is 2.65. The number of nitrogens with one attached hydrogen (secondary N) is 1. The molecule has 5 nitrogen and oxygen atoms in total. The fourth-order valence-electron chi connectivity index (χ4n) is 1.64. The third-order valence-corrected chi connectivity index (χ3v) is 3.72. The minimum Gasteiger partial charge on any atom is -0.478 e. The molecule has 0 aliphatic carbocycles. The molecule has 1 aromatic carbocycles. The van der Waals surface area contributed by atoms with Crippen molar-refractivity contribution in [2.24, 2.45) is 0 Å². The molecule has 0 saturated heterocycles. The van der Waals surface area contributed by atoms with Crippen molar-refractivity contribution in [3.05, 3.63) is 52.0 Å². The van der Waals surface area contributed by atoms with Crippen LogP contribution in [0, 0.1) is 6.92 Å². The molecule has 2 rings (SSSR count). The molecule has 0 saturated carbocycles. The molecule has 98 valence electrons. The van der Waals surface area contributed by atoms with E-state index in [-0.39, 0.29) is 5.56 Å². The lowest BCUT2D eigenvalue weighted by molar-refractivity contribution is 0.0694. The van der Waals surface area contributed by atoms with Gasteiger partial charge in [-0.1, -0.05) is 12.1 Å². The predicted octanol–water partition coefficient (Wildman–Crippen LogP) is 2.86. The summed E-state index contributed by atoms with van der Waals surface area (Å²) in [5, 5.41) is 12.2. The Morgan fingerprint density at radius 2 is 2.26 bits per heavy atom. The largest absolute Gasteiger partial charge is 0.478 e. The van der Waals surface area contributed by atoms with Gasteiger partial charge in [-0.05, 0) is 34.5 Å². The van der Waals surface area contributed by atoms with Crippen LogP contribution < -0.4 is 5.32 Å². The first-order chi connectivity index (χ1) is 9.09. The van der Waals surface area contributed by atoms with E-state index in [1.165, 1.54) is 12.5 Å². The lowest BCUT2D eigenvalue weighted by Gasteiger charge is -2.10. The molecule has 0 spiro atoms. The highest BCUT2D eigenvalue weighted by molar-refractivity contribution is 9.10. The lowest BCUT2D eigenvalue weighted by atomic mass is 10.2. The quantitative estimate of drug-likeness (QED) is 0.905. The highest BCUT2D eigenvalue weighted by Crippen LogP contribution is 2.26. The van der Waals surface area contributed by atoms with Crippen LogP contribution in [0.5, 0.6) is 0 Å². The van der Waals surface area contributed by atoms with Gasteiger partial charge < -0.3 is 10.4 Å². The van der Waals surface area contributed by atoms with Gasteiger partial charge in [0.1, 0.15) is 11.9 Å². The number of carbonyl (C=O) groups is 1. The van der Waals surface area contributed by atoms with Crippen LogP contribution in [-0.2, 0) is 6.54 Å². The number of carboxylic acids is 1. The number of halogens is 1. The van der Waals surface area contributed by atoms with Crippen molar-refractivity contribution in [3.8, 4) is 0 Å². The molecule has 0 aliphatic rings. The first-order valence-corrected chi connectivity index (χ1v) is 6.40. The molecule has 0 fully saturated rings. The normalized spacial score (nSPS) is 10.2. The van der Waals surface area contributed by atoms with Crippen LogP contribution in [0.2, 0.25) is 0 Å². The van der Waals surface area contributed by atoms with Gasteiger partial charge in [0.15, 0.2) is 0 Å². The molecule has 0 radical (unpaired) electrons. The molecule has 0 bridgehead atoms. The van der Waals surface area contributed by atoms with Gasteiger partial charge in [-0.25, -0.2) is 14.8 Å². The van der Waals surface area contributed by atoms with Crippen molar-refractivity contribution >= 4 is 27.6 Å². The zero-order valence-corrected chi connectivity index (χ0v) is 11.8. The Labute approximate surface area is 118 Å². The summed E-state index contributed by atoms with van der Waals surface area (Å²) in [5.41, 5.74) is 2.57. The van der Waals surface area contributed by atoms with Crippen LogP contribution in [0.1, 0.15) is 21.6 Å². The number of nitrogens with zero attached hydrogens (tertiary/aromatic N) is 2. The van der Waals surface area contributed by atoms with E-state index >= 15 is 0 Å². The minimum atomic E-state index is -1.03. The van der Waals surface area contributed by atoms with E-state index in [1.54, 1.807) is 0 Å². The molecule has 1 aromatic heterocycles. The van der Waals surface area contributed by atoms with Crippen molar-refractivity contribution < 1.29 is 9.90 Å². The molecule has 2 aromatic rings. The predicted molar refractivity (Wildman–Crippen MR) is 75.2 cm³/mol. The lowest BCUT2D eigenvalue weighted by Crippen LogP contribution is -2.10. The minimum absolute atomic E-state index is 0.110. The fraction of sp³-hybridized carbons (Fsp3) is 0.154. The van der Waals surface area contributed by atoms with Crippen LogP contribution >= 0.6 is 15.9 Å². The van der Waals surface area contributed by atoms with Gasteiger partial charge in [0.2, 0.25) is 0 Å².